The van der Waals surface area contributed by atoms with Crippen LogP contribution >= 0.6 is 11.8 Å². The van der Waals surface area contributed by atoms with E-state index in [1.54, 1.807) is 12.1 Å². The molecule has 2 heterocycles. The first-order chi connectivity index (χ1) is 12.5. The van der Waals surface area contributed by atoms with Crippen LogP contribution in [0, 0.1) is 0 Å². The number of hydrogen-bond donors (Lipinski definition) is 1. The molecule has 26 heavy (non-hydrogen) atoms. The summed E-state index contributed by atoms with van der Waals surface area (Å²) >= 11 is 1.36. The minimum atomic E-state index is -3.44. The van der Waals surface area contributed by atoms with Gasteiger partial charge >= 0.3 is 0 Å². The summed E-state index contributed by atoms with van der Waals surface area (Å²) in [6.45, 7) is 3.02. The summed E-state index contributed by atoms with van der Waals surface area (Å²) in [4.78, 5) is 16.8. The molecule has 1 saturated heterocycles. The predicted molar refractivity (Wildman–Crippen MR) is 103 cm³/mol. The van der Waals surface area contributed by atoms with Gasteiger partial charge in [-0.15, -0.1) is 0 Å². The highest BCUT2D eigenvalue weighted by Crippen LogP contribution is 2.25. The first-order valence-electron chi connectivity index (χ1n) is 9.40. The number of thioether (sulfide) groups is 1. The third kappa shape index (κ3) is 4.78. The quantitative estimate of drug-likeness (QED) is 0.747. The van der Waals surface area contributed by atoms with E-state index in [0.717, 1.165) is 25.7 Å². The molecule has 0 unspecified atom stereocenters. The van der Waals surface area contributed by atoms with Gasteiger partial charge in [-0.3, -0.25) is 4.79 Å². The first-order valence-corrected chi connectivity index (χ1v) is 11.7. The Morgan fingerprint density at radius 1 is 1.19 bits per heavy atom. The van der Waals surface area contributed by atoms with Crippen LogP contribution in [0.25, 0.3) is 0 Å². The lowest BCUT2D eigenvalue weighted by Crippen LogP contribution is -2.40. The van der Waals surface area contributed by atoms with E-state index in [4.69, 9.17) is 0 Å². The van der Waals surface area contributed by atoms with Crippen LogP contribution in [-0.2, 0) is 14.8 Å². The number of carbonyl (C=O) groups is 1. The summed E-state index contributed by atoms with van der Waals surface area (Å²) in [5, 5.41) is 3.53. The molecule has 1 amide bonds. The van der Waals surface area contributed by atoms with E-state index in [0.29, 0.717) is 24.2 Å². The van der Waals surface area contributed by atoms with Gasteiger partial charge in [0.25, 0.3) is 0 Å². The van der Waals surface area contributed by atoms with E-state index >= 15 is 0 Å². The Labute approximate surface area is 160 Å². The fraction of sp³-hybridized carbons (Fsp3) is 0.667. The van der Waals surface area contributed by atoms with Crippen molar-refractivity contribution in [2.75, 3.05) is 13.1 Å². The van der Waals surface area contributed by atoms with Crippen molar-refractivity contribution in [3.05, 3.63) is 18.3 Å². The van der Waals surface area contributed by atoms with E-state index in [9.17, 15) is 13.2 Å². The molecule has 1 aromatic heterocycles. The number of hydrogen-bond acceptors (Lipinski definition) is 5. The summed E-state index contributed by atoms with van der Waals surface area (Å²) in [5.74, 6) is 0.0254. The van der Waals surface area contributed by atoms with Gasteiger partial charge in [0.05, 0.1) is 10.3 Å². The maximum Gasteiger partial charge on any atom is 0.244 e. The van der Waals surface area contributed by atoms with Crippen LogP contribution in [0.5, 0.6) is 0 Å². The summed E-state index contributed by atoms with van der Waals surface area (Å²) in [5.41, 5.74) is 0. The molecule has 1 N–H and O–H groups in total. The fourth-order valence-corrected chi connectivity index (χ4v) is 5.73. The van der Waals surface area contributed by atoms with Gasteiger partial charge in [0, 0.05) is 25.3 Å². The lowest BCUT2D eigenvalue weighted by atomic mass is 9.95. The van der Waals surface area contributed by atoms with Gasteiger partial charge in [-0.2, -0.15) is 4.31 Å². The van der Waals surface area contributed by atoms with Crippen LogP contribution in [0.1, 0.15) is 51.9 Å². The molecule has 8 heteroatoms. The molecule has 2 fully saturated rings. The maximum absolute atomic E-state index is 12.5. The Hall–Kier alpha value is -1.12. The Balaban J connectivity index is 1.57. The zero-order valence-electron chi connectivity index (χ0n) is 15.2. The molecule has 3 rings (SSSR count). The molecule has 6 nitrogen and oxygen atoms in total. The molecule has 1 saturated carbocycles. The smallest absolute Gasteiger partial charge is 0.244 e. The third-order valence-corrected chi connectivity index (χ3v) is 7.96. The molecular formula is C18H27N3O3S2. The van der Waals surface area contributed by atoms with E-state index in [2.05, 4.69) is 10.3 Å². The second kappa shape index (κ2) is 8.71. The zero-order chi connectivity index (χ0) is 18.6. The SMILES string of the molecule is C[C@H](Sc1ccc(S(=O)(=O)N2CCCC2)cn1)C(=O)NC1CCCCC1. The first kappa shape index (κ1) is 19.6. The average Bonchev–Trinajstić information content (AvgIpc) is 3.18. The van der Waals surface area contributed by atoms with Crippen molar-refractivity contribution in [1.82, 2.24) is 14.6 Å². The molecule has 2 aliphatic rings. The highest BCUT2D eigenvalue weighted by Gasteiger charge is 2.27. The van der Waals surface area contributed by atoms with Crippen LogP contribution in [-0.4, -0.2) is 48.0 Å². The topological polar surface area (TPSA) is 79.4 Å². The fourth-order valence-electron chi connectivity index (χ4n) is 3.47. The van der Waals surface area contributed by atoms with Crippen LogP contribution in [0.3, 0.4) is 0 Å². The number of carbonyl (C=O) groups excluding carboxylic acids is 1. The van der Waals surface area contributed by atoms with Gasteiger partial charge < -0.3 is 5.32 Å². The van der Waals surface area contributed by atoms with E-state index in [1.165, 1.54) is 41.5 Å². The summed E-state index contributed by atoms with van der Waals surface area (Å²) in [6, 6.07) is 3.58. The zero-order valence-corrected chi connectivity index (χ0v) is 16.8. The molecule has 1 aromatic rings. The highest BCUT2D eigenvalue weighted by atomic mass is 32.2. The van der Waals surface area contributed by atoms with Crippen LogP contribution in [0.2, 0.25) is 0 Å². The number of nitrogens with one attached hydrogen (secondary N) is 1. The van der Waals surface area contributed by atoms with Crippen molar-refractivity contribution in [3.8, 4) is 0 Å². The van der Waals surface area contributed by atoms with Crippen LogP contribution < -0.4 is 5.32 Å². The lowest BCUT2D eigenvalue weighted by molar-refractivity contribution is -0.121. The van der Waals surface area contributed by atoms with Crippen molar-refractivity contribution >= 4 is 27.7 Å². The normalized spacial score (nSPS) is 20.8. The third-order valence-electron chi connectivity index (χ3n) is 5.03. The van der Waals surface area contributed by atoms with Crippen molar-refractivity contribution in [1.29, 1.82) is 0 Å². The molecule has 1 aliphatic heterocycles. The second-order valence-electron chi connectivity index (χ2n) is 7.05. The van der Waals surface area contributed by atoms with Crippen molar-refractivity contribution < 1.29 is 13.2 Å². The average molecular weight is 398 g/mol. The standard InChI is InChI=1S/C18H27N3O3S2/c1-14(18(22)20-15-7-3-2-4-8-15)25-17-10-9-16(13-19-17)26(23,24)21-11-5-6-12-21/h9-10,13-15H,2-8,11-12H2,1H3,(H,20,22)/t14-/m0/s1. The number of sulfonamides is 1. The lowest BCUT2D eigenvalue weighted by Gasteiger charge is -2.24. The van der Waals surface area contributed by atoms with Gasteiger partial charge in [0.1, 0.15) is 4.90 Å². The number of aromatic nitrogens is 1. The number of rotatable bonds is 6. The number of pyridine rings is 1. The van der Waals surface area contributed by atoms with Gasteiger partial charge in [0.2, 0.25) is 15.9 Å². The number of amides is 1. The van der Waals surface area contributed by atoms with Gasteiger partial charge in [-0.25, -0.2) is 13.4 Å². The maximum atomic E-state index is 12.5. The van der Waals surface area contributed by atoms with Crippen molar-refractivity contribution in [2.24, 2.45) is 0 Å². The molecule has 1 aliphatic carbocycles. The Bertz CT molecular complexity index is 710. The van der Waals surface area contributed by atoms with Gasteiger partial charge in [-0.05, 0) is 44.7 Å². The minimum Gasteiger partial charge on any atom is -0.352 e. The van der Waals surface area contributed by atoms with E-state index < -0.39 is 10.0 Å². The molecule has 144 valence electrons. The molecule has 0 spiro atoms. The Morgan fingerprint density at radius 2 is 1.88 bits per heavy atom. The Kier molecular flexibility index (Phi) is 6.58. The largest absolute Gasteiger partial charge is 0.352 e. The van der Waals surface area contributed by atoms with Gasteiger partial charge in [-0.1, -0.05) is 31.0 Å². The summed E-state index contributed by atoms with van der Waals surface area (Å²) in [7, 11) is -3.44. The van der Waals surface area contributed by atoms with E-state index in [1.807, 2.05) is 6.92 Å². The summed E-state index contributed by atoms with van der Waals surface area (Å²) < 4.78 is 26.5. The molecule has 0 aromatic carbocycles. The Morgan fingerprint density at radius 3 is 2.50 bits per heavy atom. The van der Waals surface area contributed by atoms with Crippen molar-refractivity contribution in [2.45, 2.75) is 73.1 Å². The summed E-state index contributed by atoms with van der Waals surface area (Å²) in [6.07, 6.45) is 8.97. The molecule has 0 radical (unpaired) electrons. The minimum absolute atomic E-state index is 0.0254. The van der Waals surface area contributed by atoms with Gasteiger partial charge in [0.15, 0.2) is 0 Å². The van der Waals surface area contributed by atoms with Crippen LogP contribution in [0.4, 0.5) is 0 Å². The molecule has 1 atom stereocenters. The molecular weight excluding hydrogens is 370 g/mol. The predicted octanol–water partition coefficient (Wildman–Crippen LogP) is 2.80. The monoisotopic (exact) mass is 397 g/mol. The van der Waals surface area contributed by atoms with Crippen molar-refractivity contribution in [3.63, 3.8) is 0 Å². The highest BCUT2D eigenvalue weighted by molar-refractivity contribution is 8.00. The van der Waals surface area contributed by atoms with E-state index in [-0.39, 0.29) is 16.1 Å². The second-order valence-corrected chi connectivity index (χ2v) is 10.3. The number of nitrogens with zero attached hydrogens (tertiary/aromatic N) is 2. The van der Waals surface area contributed by atoms with Crippen LogP contribution in [0.15, 0.2) is 28.3 Å². The molecule has 0 bridgehead atoms.